The number of benzene rings is 7. The number of pyridine rings is 4. The van der Waals surface area contributed by atoms with Crippen molar-refractivity contribution in [3.05, 3.63) is 231 Å². The van der Waals surface area contributed by atoms with E-state index in [1.807, 2.05) is 121 Å². The maximum absolute atomic E-state index is 12.9. The van der Waals surface area contributed by atoms with Crippen LogP contribution in [0, 0.1) is 0 Å². The summed E-state index contributed by atoms with van der Waals surface area (Å²) in [5, 5.41) is 3.96. The number of fused-ring (bicyclic) bond motifs is 6. The molecule has 96 heavy (non-hydrogen) atoms. The fourth-order valence-electron chi connectivity index (χ4n) is 10.2. The molecule has 4 aromatic heterocycles. The summed E-state index contributed by atoms with van der Waals surface area (Å²) in [6, 6.07) is 61.9. The van der Waals surface area contributed by atoms with Gasteiger partial charge in [-0.15, -0.1) is 13.2 Å². The van der Waals surface area contributed by atoms with Crippen LogP contribution in [-0.2, 0) is 37.9 Å². The summed E-state index contributed by atoms with van der Waals surface area (Å²) in [6.45, 7) is 13.6. The second kappa shape index (κ2) is 35.2. The third kappa shape index (κ3) is 18.9. The van der Waals surface area contributed by atoms with Crippen molar-refractivity contribution in [2.75, 3.05) is 119 Å². The number of hydrogen-bond donors (Lipinski definition) is 0. The van der Waals surface area contributed by atoms with Crippen LogP contribution in [-0.4, -0.2) is 151 Å². The van der Waals surface area contributed by atoms with E-state index < -0.39 is 11.9 Å². The topological polar surface area (TPSA) is 196 Å². The fraction of sp³-hybridized carbons (Fsp3) is 0.231. The average molecular weight is 1290 g/mol. The first-order chi connectivity index (χ1) is 47.3. The highest BCUT2D eigenvalue weighted by Gasteiger charge is 2.16. The van der Waals surface area contributed by atoms with Gasteiger partial charge < -0.3 is 56.8 Å². The SMILES string of the molecule is C=CCOCCOCCOc1ccc(-c2ccc3ccc4ccc(-c5ccc(OCCOCCOC(=O)c6cccc(C(=O)OCCOCCOc7ccc(-c8ccc9ccc%10ccc(-c%11ccc(OCCOCCOCC=C)cc%11)nc%10c9n8)cc7)c6)cc5)nc4c3n2)cc1. The Labute approximate surface area is 556 Å². The first-order valence-electron chi connectivity index (χ1n) is 31.8. The maximum Gasteiger partial charge on any atom is 0.338 e. The van der Waals surface area contributed by atoms with E-state index in [0.717, 1.165) is 100 Å². The highest BCUT2D eigenvalue weighted by molar-refractivity contribution is 6.05. The zero-order chi connectivity index (χ0) is 65.9. The first-order valence-corrected chi connectivity index (χ1v) is 31.8. The molecule has 0 aliphatic carbocycles. The molecule has 0 fully saturated rings. The van der Waals surface area contributed by atoms with Crippen molar-refractivity contribution in [3.8, 4) is 68.0 Å². The number of ether oxygens (including phenoxy) is 12. The van der Waals surface area contributed by atoms with E-state index in [4.69, 9.17) is 76.8 Å². The van der Waals surface area contributed by atoms with Crippen molar-refractivity contribution in [2.24, 2.45) is 0 Å². The minimum absolute atomic E-state index is 0.00986. The Morgan fingerprint density at radius 2 is 0.542 bits per heavy atom. The molecule has 0 spiro atoms. The number of nitrogens with zero attached hydrogens (tertiary/aromatic N) is 4. The van der Waals surface area contributed by atoms with Crippen LogP contribution in [0.15, 0.2) is 219 Å². The largest absolute Gasteiger partial charge is 0.491 e. The van der Waals surface area contributed by atoms with E-state index in [2.05, 4.69) is 61.7 Å². The van der Waals surface area contributed by atoms with Gasteiger partial charge in [0.05, 0.1) is 135 Å². The predicted molar refractivity (Wildman–Crippen MR) is 370 cm³/mol. The second-order valence-corrected chi connectivity index (χ2v) is 21.7. The van der Waals surface area contributed by atoms with Gasteiger partial charge in [0.2, 0.25) is 0 Å². The number of carbonyl (C=O) groups is 2. The van der Waals surface area contributed by atoms with E-state index >= 15 is 0 Å². The van der Waals surface area contributed by atoms with Crippen molar-refractivity contribution >= 4 is 55.6 Å². The molecule has 0 N–H and O–H groups in total. The molecule has 0 saturated carbocycles. The van der Waals surface area contributed by atoms with Crippen LogP contribution in [0.3, 0.4) is 0 Å². The van der Waals surface area contributed by atoms with Crippen molar-refractivity contribution in [2.45, 2.75) is 0 Å². The van der Waals surface area contributed by atoms with Crippen molar-refractivity contribution < 1.29 is 66.4 Å². The Kier molecular flexibility index (Phi) is 24.5. The molecule has 11 aromatic rings. The van der Waals surface area contributed by atoms with Crippen molar-refractivity contribution in [3.63, 3.8) is 0 Å². The van der Waals surface area contributed by atoms with Gasteiger partial charge in [0.25, 0.3) is 0 Å². The van der Waals surface area contributed by atoms with Gasteiger partial charge in [0.1, 0.15) is 62.6 Å². The van der Waals surface area contributed by atoms with Gasteiger partial charge in [0.15, 0.2) is 0 Å². The van der Waals surface area contributed by atoms with Gasteiger partial charge in [-0.05, 0) is 140 Å². The highest BCUT2D eigenvalue weighted by Crippen LogP contribution is 2.33. The molecule has 4 heterocycles. The van der Waals surface area contributed by atoms with Crippen LogP contribution in [0.2, 0.25) is 0 Å². The predicted octanol–water partition coefficient (Wildman–Crippen LogP) is 14.2. The zero-order valence-corrected chi connectivity index (χ0v) is 53.3. The van der Waals surface area contributed by atoms with Gasteiger partial charge in [-0.1, -0.05) is 66.7 Å². The van der Waals surface area contributed by atoms with Crippen LogP contribution in [0.4, 0.5) is 0 Å². The molecule has 0 atom stereocenters. The Morgan fingerprint density at radius 1 is 0.292 bits per heavy atom. The van der Waals surface area contributed by atoms with Crippen LogP contribution >= 0.6 is 0 Å². The summed E-state index contributed by atoms with van der Waals surface area (Å²) in [5.41, 5.74) is 10.7. The molecular formula is C78H74N4O14. The van der Waals surface area contributed by atoms with Gasteiger partial charge in [-0.25, -0.2) is 29.5 Å². The lowest BCUT2D eigenvalue weighted by atomic mass is 10.1. The minimum Gasteiger partial charge on any atom is -0.491 e. The van der Waals surface area contributed by atoms with Crippen LogP contribution in [0.1, 0.15) is 20.7 Å². The van der Waals surface area contributed by atoms with Crippen molar-refractivity contribution in [1.82, 2.24) is 19.9 Å². The lowest BCUT2D eigenvalue weighted by Crippen LogP contribution is -2.15. The smallest absolute Gasteiger partial charge is 0.338 e. The van der Waals surface area contributed by atoms with E-state index in [-0.39, 0.29) is 64.0 Å². The molecule has 18 heteroatoms. The molecule has 0 saturated heterocycles. The van der Waals surface area contributed by atoms with Crippen molar-refractivity contribution in [1.29, 1.82) is 0 Å². The number of aromatic nitrogens is 4. The molecule has 0 aliphatic rings. The Bertz CT molecular complexity index is 4090. The van der Waals surface area contributed by atoms with E-state index in [1.54, 1.807) is 30.4 Å². The summed E-state index contributed by atoms with van der Waals surface area (Å²) in [7, 11) is 0. The summed E-state index contributed by atoms with van der Waals surface area (Å²) < 4.78 is 67.6. The fourth-order valence-corrected chi connectivity index (χ4v) is 10.2. The maximum atomic E-state index is 12.9. The van der Waals surface area contributed by atoms with Gasteiger partial charge >= 0.3 is 11.9 Å². The van der Waals surface area contributed by atoms with Gasteiger partial charge in [0, 0.05) is 43.8 Å². The van der Waals surface area contributed by atoms with Gasteiger partial charge in [-0.3, -0.25) is 0 Å². The Hall–Kier alpha value is -10.4. The summed E-state index contributed by atoms with van der Waals surface area (Å²) in [5.74, 6) is 1.65. The standard InChI is InChI=1S/C78H74N4O14/c1-3-36-85-38-40-87-42-48-91-65-24-12-55(13-25-65)69-32-20-59-8-10-61-22-34-71(81-75(61)73(59)79-69)57-16-28-67(29-17-57)93-50-44-89-46-52-95-77(83)63-6-5-7-64(54-63)78(84)96-53-47-90-45-51-94-68-30-18-58(19-31-68)72-35-23-62-11-9-60-21-33-70(80-74(60)76(62)82-72)56-14-26-66(27-15-56)92-49-43-88-41-39-86-37-4-2/h3-35,54H,1-2,36-53H2. The Balaban J connectivity index is 0.556. The monoisotopic (exact) mass is 1290 g/mol. The molecular weight excluding hydrogens is 1220 g/mol. The molecule has 0 aliphatic heterocycles. The first kappa shape index (κ1) is 67.0. The summed E-state index contributed by atoms with van der Waals surface area (Å²) >= 11 is 0. The molecule has 490 valence electrons. The van der Waals surface area contributed by atoms with E-state index in [9.17, 15) is 9.59 Å². The lowest BCUT2D eigenvalue weighted by Gasteiger charge is -2.10. The Morgan fingerprint density at radius 3 is 0.823 bits per heavy atom. The van der Waals surface area contributed by atoms with E-state index in [1.165, 1.54) is 6.07 Å². The number of carbonyl (C=O) groups excluding carboxylic acids is 2. The molecule has 0 radical (unpaired) electrons. The number of esters is 2. The van der Waals surface area contributed by atoms with Gasteiger partial charge in [-0.2, -0.15) is 0 Å². The number of rotatable bonds is 38. The highest BCUT2D eigenvalue weighted by atomic mass is 16.6. The third-order valence-corrected chi connectivity index (χ3v) is 15.1. The number of hydrogen-bond acceptors (Lipinski definition) is 18. The lowest BCUT2D eigenvalue weighted by molar-refractivity contribution is 0.0270. The third-order valence-electron chi connectivity index (χ3n) is 15.1. The molecule has 0 unspecified atom stereocenters. The molecule has 11 rings (SSSR count). The van der Waals surface area contributed by atoms with Crippen LogP contribution in [0.25, 0.3) is 88.6 Å². The average Bonchev–Trinajstić information content (AvgIpc) is 0.786. The minimum atomic E-state index is -0.594. The van der Waals surface area contributed by atoms with Crippen LogP contribution < -0.4 is 18.9 Å². The molecule has 0 amide bonds. The summed E-state index contributed by atoms with van der Waals surface area (Å²) in [4.78, 5) is 46.1. The van der Waals surface area contributed by atoms with Crippen LogP contribution in [0.5, 0.6) is 23.0 Å². The normalized spacial score (nSPS) is 11.2. The molecule has 7 aromatic carbocycles. The molecule has 0 bridgehead atoms. The molecule has 18 nitrogen and oxygen atoms in total. The quantitative estimate of drug-likeness (QED) is 0.0153. The van der Waals surface area contributed by atoms with E-state index in [0.29, 0.717) is 77.6 Å². The summed E-state index contributed by atoms with van der Waals surface area (Å²) in [6.07, 6.45) is 3.42. The second-order valence-electron chi connectivity index (χ2n) is 21.7. The zero-order valence-electron chi connectivity index (χ0n) is 53.3.